The van der Waals surface area contributed by atoms with Gasteiger partial charge in [0.05, 0.1) is 5.69 Å². The number of aliphatic imine (C=N–C) groups is 1. The molecule has 1 saturated carbocycles. The van der Waals surface area contributed by atoms with Crippen LogP contribution in [-0.2, 0) is 11.2 Å². The molecule has 0 unspecified atom stereocenters. The monoisotopic (exact) mass is 382 g/mol. The summed E-state index contributed by atoms with van der Waals surface area (Å²) in [5, 5.41) is 13.9. The molecule has 0 radical (unpaired) electrons. The van der Waals surface area contributed by atoms with Crippen molar-refractivity contribution in [1.29, 1.82) is 0 Å². The van der Waals surface area contributed by atoms with Crippen LogP contribution in [0.5, 0.6) is 0 Å². The maximum atomic E-state index is 11.7. The molecule has 3 N–H and O–H groups in total. The smallest absolute Gasteiger partial charge is 0.220 e. The molecular weight excluding hydrogens is 352 g/mol. The molecule has 3 rings (SSSR count). The first kappa shape index (κ1) is 19.9. The number of carbonyl (C=O) groups is 1. The van der Waals surface area contributed by atoms with Gasteiger partial charge in [-0.25, -0.2) is 4.68 Å². The van der Waals surface area contributed by atoms with E-state index in [-0.39, 0.29) is 5.91 Å². The van der Waals surface area contributed by atoms with Crippen molar-refractivity contribution in [3.8, 4) is 5.69 Å². The van der Waals surface area contributed by atoms with E-state index in [0.29, 0.717) is 19.0 Å². The van der Waals surface area contributed by atoms with Crippen molar-refractivity contribution < 1.29 is 4.79 Å². The van der Waals surface area contributed by atoms with E-state index in [1.807, 2.05) is 23.9 Å². The van der Waals surface area contributed by atoms with Crippen molar-refractivity contribution in [2.24, 2.45) is 4.99 Å². The maximum Gasteiger partial charge on any atom is 0.220 e. The van der Waals surface area contributed by atoms with E-state index in [0.717, 1.165) is 50.4 Å². The van der Waals surface area contributed by atoms with E-state index >= 15 is 0 Å². The molecule has 0 bridgehead atoms. The highest BCUT2D eigenvalue weighted by Gasteiger charge is 2.22. The lowest BCUT2D eigenvalue weighted by Gasteiger charge is -2.11. The Hall–Kier alpha value is -2.83. The Morgan fingerprint density at radius 1 is 1.25 bits per heavy atom. The molecule has 1 fully saturated rings. The van der Waals surface area contributed by atoms with E-state index in [2.05, 4.69) is 50.3 Å². The zero-order valence-electron chi connectivity index (χ0n) is 16.5. The Labute approximate surface area is 166 Å². The third-order valence-corrected chi connectivity index (χ3v) is 4.53. The van der Waals surface area contributed by atoms with Crippen LogP contribution in [0.15, 0.2) is 47.7 Å². The fourth-order valence-corrected chi connectivity index (χ4v) is 2.86. The molecule has 28 heavy (non-hydrogen) atoms. The number of benzene rings is 1. The summed E-state index contributed by atoms with van der Waals surface area (Å²) >= 11 is 0. The van der Waals surface area contributed by atoms with Gasteiger partial charge in [0.25, 0.3) is 0 Å². The number of amides is 1. The summed E-state index contributed by atoms with van der Waals surface area (Å²) in [4.78, 5) is 16.3. The van der Waals surface area contributed by atoms with Gasteiger partial charge in [-0.2, -0.15) is 5.10 Å². The first-order chi connectivity index (χ1) is 13.7. The predicted molar refractivity (Wildman–Crippen MR) is 112 cm³/mol. The van der Waals surface area contributed by atoms with E-state index in [1.165, 1.54) is 5.56 Å². The van der Waals surface area contributed by atoms with Gasteiger partial charge in [0.15, 0.2) is 5.96 Å². The molecule has 2 aromatic rings. The van der Waals surface area contributed by atoms with E-state index < -0.39 is 0 Å². The fourth-order valence-electron chi connectivity index (χ4n) is 2.86. The topological polar surface area (TPSA) is 83.3 Å². The molecule has 1 amide bonds. The van der Waals surface area contributed by atoms with Crippen LogP contribution in [0.4, 0.5) is 0 Å². The number of carbonyl (C=O) groups excluding carboxylic acids is 1. The second kappa shape index (κ2) is 10.5. The molecule has 7 heteroatoms. The Kier molecular flexibility index (Phi) is 7.46. The van der Waals surface area contributed by atoms with Crippen LogP contribution >= 0.6 is 0 Å². The summed E-state index contributed by atoms with van der Waals surface area (Å²) < 4.78 is 1.85. The minimum Gasteiger partial charge on any atom is -0.357 e. The minimum absolute atomic E-state index is 0.147. The van der Waals surface area contributed by atoms with Crippen LogP contribution in [0.2, 0.25) is 0 Å². The molecule has 150 valence electrons. The lowest BCUT2D eigenvalue weighted by atomic mass is 10.1. The summed E-state index contributed by atoms with van der Waals surface area (Å²) in [5.41, 5.74) is 2.32. The summed E-state index contributed by atoms with van der Waals surface area (Å²) in [6, 6.07) is 10.8. The summed E-state index contributed by atoms with van der Waals surface area (Å²) in [5.74, 6) is 0.951. The molecule has 1 aromatic carbocycles. The number of rotatable bonds is 10. The lowest BCUT2D eigenvalue weighted by molar-refractivity contribution is -0.121. The van der Waals surface area contributed by atoms with Crippen molar-refractivity contribution in [3.05, 3.63) is 48.3 Å². The molecular formula is C21H30N6O. The van der Waals surface area contributed by atoms with Crippen LogP contribution < -0.4 is 16.0 Å². The molecule has 0 atom stereocenters. The van der Waals surface area contributed by atoms with Gasteiger partial charge >= 0.3 is 0 Å². The molecule has 0 aliphatic heterocycles. The first-order valence-corrected chi connectivity index (χ1v) is 10.1. The van der Waals surface area contributed by atoms with Gasteiger partial charge in [0.2, 0.25) is 5.91 Å². The Bertz CT molecular complexity index is 750. The van der Waals surface area contributed by atoms with Crippen molar-refractivity contribution >= 4 is 11.9 Å². The highest BCUT2D eigenvalue weighted by molar-refractivity contribution is 5.80. The Morgan fingerprint density at radius 2 is 2.07 bits per heavy atom. The Balaban J connectivity index is 1.38. The highest BCUT2D eigenvalue weighted by Crippen LogP contribution is 2.18. The molecule has 1 heterocycles. The molecule has 1 aromatic heterocycles. The number of hydrogen-bond acceptors (Lipinski definition) is 3. The van der Waals surface area contributed by atoms with Crippen LogP contribution in [-0.4, -0.2) is 47.3 Å². The van der Waals surface area contributed by atoms with Crippen LogP contribution in [0.3, 0.4) is 0 Å². The van der Waals surface area contributed by atoms with Crippen LogP contribution in [0.1, 0.15) is 38.2 Å². The number of nitrogens with one attached hydrogen (secondary N) is 3. The predicted octanol–water partition coefficient (Wildman–Crippen LogP) is 2.03. The number of hydrogen-bond donors (Lipinski definition) is 3. The van der Waals surface area contributed by atoms with Gasteiger partial charge in [-0.15, -0.1) is 0 Å². The van der Waals surface area contributed by atoms with E-state index in [9.17, 15) is 4.79 Å². The minimum atomic E-state index is 0.147. The number of guanidine groups is 1. The van der Waals surface area contributed by atoms with Gasteiger partial charge in [0, 0.05) is 44.5 Å². The molecule has 7 nitrogen and oxygen atoms in total. The molecule has 1 aliphatic carbocycles. The third-order valence-electron chi connectivity index (χ3n) is 4.53. The van der Waals surface area contributed by atoms with Crippen LogP contribution in [0, 0.1) is 0 Å². The molecule has 1 aliphatic rings. The molecule has 0 saturated heterocycles. The summed E-state index contributed by atoms with van der Waals surface area (Å²) in [7, 11) is 0. The van der Waals surface area contributed by atoms with Crippen LogP contribution in [0.25, 0.3) is 5.69 Å². The molecule has 0 spiro atoms. The van der Waals surface area contributed by atoms with E-state index in [1.54, 1.807) is 6.20 Å². The second-order valence-electron chi connectivity index (χ2n) is 7.00. The van der Waals surface area contributed by atoms with Crippen molar-refractivity contribution in [1.82, 2.24) is 25.7 Å². The van der Waals surface area contributed by atoms with Gasteiger partial charge in [0.1, 0.15) is 0 Å². The summed E-state index contributed by atoms with van der Waals surface area (Å²) in [6.07, 6.45) is 8.19. The standard InChI is InChI=1S/C21H30N6O/c1-2-22-21(23-13-3-5-20(28)26-18-8-9-18)24-15-12-17-6-10-19(11-7-17)27-16-4-14-25-27/h4,6-7,10-11,14,16,18H,2-3,5,8-9,12-13,15H2,1H3,(H,26,28)(H2,22,23,24). The van der Waals surface area contributed by atoms with Gasteiger partial charge in [-0.05, 0) is 56.4 Å². The zero-order chi connectivity index (χ0) is 19.6. The highest BCUT2D eigenvalue weighted by atomic mass is 16.1. The van der Waals surface area contributed by atoms with Gasteiger partial charge < -0.3 is 16.0 Å². The van der Waals surface area contributed by atoms with Gasteiger partial charge in [-0.3, -0.25) is 9.79 Å². The van der Waals surface area contributed by atoms with E-state index in [4.69, 9.17) is 0 Å². The normalized spacial score (nSPS) is 14.0. The fraction of sp³-hybridized carbons (Fsp3) is 0.476. The number of nitrogens with zero attached hydrogens (tertiary/aromatic N) is 3. The van der Waals surface area contributed by atoms with Crippen molar-refractivity contribution in [2.45, 2.75) is 45.1 Å². The average molecular weight is 383 g/mol. The lowest BCUT2D eigenvalue weighted by Crippen LogP contribution is -2.38. The maximum absolute atomic E-state index is 11.7. The quantitative estimate of drug-likeness (QED) is 0.334. The third kappa shape index (κ3) is 6.72. The second-order valence-corrected chi connectivity index (χ2v) is 7.00. The van der Waals surface area contributed by atoms with Gasteiger partial charge in [-0.1, -0.05) is 12.1 Å². The van der Waals surface area contributed by atoms with Crippen molar-refractivity contribution in [3.63, 3.8) is 0 Å². The average Bonchev–Trinajstić information content (AvgIpc) is 3.34. The summed E-state index contributed by atoms with van der Waals surface area (Å²) in [6.45, 7) is 4.31. The Morgan fingerprint density at radius 3 is 2.75 bits per heavy atom. The zero-order valence-corrected chi connectivity index (χ0v) is 16.5. The number of aromatic nitrogens is 2. The SMILES string of the molecule is CCNC(=NCCCC(=O)NC1CC1)NCCc1ccc(-n2cccn2)cc1. The first-order valence-electron chi connectivity index (χ1n) is 10.1. The van der Waals surface area contributed by atoms with Crippen molar-refractivity contribution in [2.75, 3.05) is 19.6 Å². The largest absolute Gasteiger partial charge is 0.357 e.